The maximum atomic E-state index is 6.00. The quantitative estimate of drug-likeness (QED) is 0.824. The van der Waals surface area contributed by atoms with Crippen molar-refractivity contribution >= 4 is 0 Å². The number of hydrogen-bond donors (Lipinski definition) is 0. The van der Waals surface area contributed by atoms with Crippen molar-refractivity contribution in [3.63, 3.8) is 0 Å². The number of nitrogens with zero attached hydrogens (tertiary/aromatic N) is 1. The van der Waals surface area contributed by atoms with Crippen LogP contribution >= 0.6 is 0 Å². The van der Waals surface area contributed by atoms with Gasteiger partial charge in [0.25, 0.3) is 0 Å². The summed E-state index contributed by atoms with van der Waals surface area (Å²) >= 11 is 0. The van der Waals surface area contributed by atoms with E-state index in [-0.39, 0.29) is 6.10 Å². The molecule has 0 bridgehead atoms. The average molecular weight is 355 g/mol. The van der Waals surface area contributed by atoms with E-state index >= 15 is 0 Å². The highest BCUT2D eigenvalue weighted by Gasteiger charge is 2.23. The topological polar surface area (TPSA) is 40.2 Å². The molecule has 0 radical (unpaired) electrons. The summed E-state index contributed by atoms with van der Waals surface area (Å²) in [7, 11) is 1.70. The van der Waals surface area contributed by atoms with Crippen molar-refractivity contribution in [3.8, 4) is 17.2 Å². The Morgan fingerprint density at radius 1 is 1.15 bits per heavy atom. The number of aryl methyl sites for hydroxylation is 1. The van der Waals surface area contributed by atoms with Gasteiger partial charge in [-0.25, -0.2) is 0 Å². The van der Waals surface area contributed by atoms with Crippen LogP contribution in [0.1, 0.15) is 16.7 Å². The maximum Gasteiger partial charge on any atom is 0.231 e. The molecule has 138 valence electrons. The average Bonchev–Trinajstić information content (AvgIpc) is 3.09. The molecular formula is C21H25NO4. The van der Waals surface area contributed by atoms with Gasteiger partial charge in [0.2, 0.25) is 6.79 Å². The Balaban J connectivity index is 1.41. The summed E-state index contributed by atoms with van der Waals surface area (Å²) in [6.07, 6.45) is 1.10. The molecule has 1 unspecified atom stereocenters. The van der Waals surface area contributed by atoms with Gasteiger partial charge < -0.3 is 18.9 Å². The van der Waals surface area contributed by atoms with Gasteiger partial charge in [-0.3, -0.25) is 4.90 Å². The zero-order valence-electron chi connectivity index (χ0n) is 15.4. The Hall–Kier alpha value is -2.24. The molecule has 0 amide bonds. The number of benzene rings is 2. The van der Waals surface area contributed by atoms with E-state index in [4.69, 9.17) is 18.9 Å². The largest absolute Gasteiger partial charge is 0.497 e. The second-order valence-electron chi connectivity index (χ2n) is 6.92. The Bertz CT molecular complexity index is 777. The zero-order chi connectivity index (χ0) is 17.9. The first-order chi connectivity index (χ1) is 12.7. The molecule has 1 saturated heterocycles. The van der Waals surface area contributed by atoms with E-state index in [0.717, 1.165) is 49.9 Å². The lowest BCUT2D eigenvalue weighted by Gasteiger charge is -2.33. The van der Waals surface area contributed by atoms with Crippen LogP contribution in [0.15, 0.2) is 36.4 Å². The second kappa shape index (κ2) is 7.56. The Morgan fingerprint density at radius 3 is 2.85 bits per heavy atom. The third-order valence-electron chi connectivity index (χ3n) is 5.05. The van der Waals surface area contributed by atoms with E-state index in [2.05, 4.69) is 36.1 Å². The van der Waals surface area contributed by atoms with Crippen LogP contribution in [0.2, 0.25) is 0 Å². The molecule has 2 aromatic carbocycles. The van der Waals surface area contributed by atoms with Crippen molar-refractivity contribution in [2.45, 2.75) is 26.0 Å². The molecule has 2 aliphatic heterocycles. The second-order valence-corrected chi connectivity index (χ2v) is 6.92. The first-order valence-electron chi connectivity index (χ1n) is 9.07. The predicted molar refractivity (Wildman–Crippen MR) is 99.0 cm³/mol. The smallest absolute Gasteiger partial charge is 0.231 e. The van der Waals surface area contributed by atoms with E-state index in [0.29, 0.717) is 6.79 Å². The Kier molecular flexibility index (Phi) is 5.00. The molecule has 0 saturated carbocycles. The predicted octanol–water partition coefficient (Wildman–Crippen LogP) is 3.18. The first kappa shape index (κ1) is 17.2. The van der Waals surface area contributed by atoms with Gasteiger partial charge >= 0.3 is 0 Å². The van der Waals surface area contributed by atoms with Crippen molar-refractivity contribution in [1.29, 1.82) is 0 Å². The van der Waals surface area contributed by atoms with Crippen molar-refractivity contribution in [1.82, 2.24) is 4.90 Å². The van der Waals surface area contributed by atoms with E-state index in [1.54, 1.807) is 7.11 Å². The van der Waals surface area contributed by atoms with Gasteiger partial charge in [-0.05, 0) is 47.9 Å². The van der Waals surface area contributed by atoms with Gasteiger partial charge in [-0.15, -0.1) is 0 Å². The molecule has 2 aliphatic rings. The van der Waals surface area contributed by atoms with Crippen LogP contribution in [0.5, 0.6) is 17.2 Å². The van der Waals surface area contributed by atoms with Gasteiger partial charge in [0.1, 0.15) is 5.75 Å². The fraction of sp³-hybridized carbons (Fsp3) is 0.429. The van der Waals surface area contributed by atoms with Gasteiger partial charge in [-0.1, -0.05) is 12.1 Å². The molecule has 2 aromatic rings. The zero-order valence-corrected chi connectivity index (χ0v) is 15.4. The first-order valence-corrected chi connectivity index (χ1v) is 9.07. The highest BCUT2D eigenvalue weighted by molar-refractivity contribution is 5.48. The Morgan fingerprint density at radius 2 is 2.00 bits per heavy atom. The monoisotopic (exact) mass is 355 g/mol. The molecule has 0 N–H and O–H groups in total. The van der Waals surface area contributed by atoms with Gasteiger partial charge in [-0.2, -0.15) is 0 Å². The molecule has 4 rings (SSSR count). The third-order valence-corrected chi connectivity index (χ3v) is 5.05. The van der Waals surface area contributed by atoms with E-state index in [9.17, 15) is 0 Å². The van der Waals surface area contributed by atoms with E-state index in [1.165, 1.54) is 16.7 Å². The number of methoxy groups -OCH3 is 1. The molecule has 0 spiro atoms. The summed E-state index contributed by atoms with van der Waals surface area (Å²) in [5, 5.41) is 0. The van der Waals surface area contributed by atoms with Crippen LogP contribution in [-0.2, 0) is 17.7 Å². The van der Waals surface area contributed by atoms with E-state index < -0.39 is 0 Å². The number of hydrogen-bond acceptors (Lipinski definition) is 5. The van der Waals surface area contributed by atoms with Crippen LogP contribution < -0.4 is 14.2 Å². The fourth-order valence-electron chi connectivity index (χ4n) is 3.61. The minimum atomic E-state index is 0.199. The van der Waals surface area contributed by atoms with Crippen LogP contribution in [0, 0.1) is 6.92 Å². The van der Waals surface area contributed by atoms with Crippen molar-refractivity contribution < 1.29 is 18.9 Å². The standard InChI is InChI=1S/C21H25NO4/c1-15-8-20-21(26-14-25-20)11-17(15)12-22-6-7-24-19(13-22)10-16-4-3-5-18(9-16)23-2/h3-5,8-9,11,19H,6-7,10,12-14H2,1-2H3. The van der Waals surface area contributed by atoms with Crippen molar-refractivity contribution in [2.75, 3.05) is 33.6 Å². The van der Waals surface area contributed by atoms with Gasteiger partial charge in [0, 0.05) is 26.1 Å². The molecular weight excluding hydrogens is 330 g/mol. The van der Waals surface area contributed by atoms with Crippen LogP contribution in [0.4, 0.5) is 0 Å². The summed E-state index contributed by atoms with van der Waals surface area (Å²) in [5.41, 5.74) is 3.77. The van der Waals surface area contributed by atoms with E-state index in [1.807, 2.05) is 12.1 Å². The highest BCUT2D eigenvalue weighted by atomic mass is 16.7. The van der Waals surface area contributed by atoms with Gasteiger partial charge in [0.15, 0.2) is 11.5 Å². The normalized spacial score (nSPS) is 19.5. The molecule has 26 heavy (non-hydrogen) atoms. The molecule has 5 heteroatoms. The van der Waals surface area contributed by atoms with Crippen LogP contribution in [-0.4, -0.2) is 44.6 Å². The summed E-state index contributed by atoms with van der Waals surface area (Å²) in [4.78, 5) is 2.46. The molecule has 2 heterocycles. The minimum absolute atomic E-state index is 0.199. The lowest BCUT2D eigenvalue weighted by atomic mass is 10.0. The van der Waals surface area contributed by atoms with Gasteiger partial charge in [0.05, 0.1) is 19.8 Å². The molecule has 1 atom stereocenters. The third kappa shape index (κ3) is 3.79. The number of rotatable bonds is 5. The summed E-state index contributed by atoms with van der Waals surface area (Å²) in [5.74, 6) is 2.60. The lowest BCUT2D eigenvalue weighted by Crippen LogP contribution is -2.42. The van der Waals surface area contributed by atoms with Crippen molar-refractivity contribution in [2.24, 2.45) is 0 Å². The number of morpholine rings is 1. The summed E-state index contributed by atoms with van der Waals surface area (Å²) in [6, 6.07) is 12.4. The number of ether oxygens (including phenoxy) is 4. The molecule has 0 aliphatic carbocycles. The lowest BCUT2D eigenvalue weighted by molar-refractivity contribution is -0.0305. The number of fused-ring (bicyclic) bond motifs is 1. The molecule has 5 nitrogen and oxygen atoms in total. The van der Waals surface area contributed by atoms with Crippen molar-refractivity contribution in [3.05, 3.63) is 53.1 Å². The minimum Gasteiger partial charge on any atom is -0.497 e. The molecule has 0 aromatic heterocycles. The fourth-order valence-corrected chi connectivity index (χ4v) is 3.61. The van der Waals surface area contributed by atoms with Crippen LogP contribution in [0.3, 0.4) is 0 Å². The maximum absolute atomic E-state index is 6.00. The van der Waals surface area contributed by atoms with Crippen LogP contribution in [0.25, 0.3) is 0 Å². The SMILES string of the molecule is COc1cccc(CC2CN(Cc3cc4c(cc3C)OCO4)CCO2)c1. The summed E-state index contributed by atoms with van der Waals surface area (Å²) in [6.45, 7) is 5.98. The Labute approximate surface area is 154 Å². The summed E-state index contributed by atoms with van der Waals surface area (Å²) < 4.78 is 22.3. The highest BCUT2D eigenvalue weighted by Crippen LogP contribution is 2.35. The molecule has 1 fully saturated rings.